The van der Waals surface area contributed by atoms with Crippen LogP contribution in [0.4, 0.5) is 0 Å². The van der Waals surface area contributed by atoms with Gasteiger partial charge in [-0.2, -0.15) is 0 Å². The van der Waals surface area contributed by atoms with Crippen molar-refractivity contribution < 1.29 is 47.5 Å². The SMILES string of the molecule is COc1cc(C(=O)OCCOC(=O)CCC(=O)OC[C@@H]2CNC[C@H](n3cc(C)c(=O)[nH]c3=O)O2)cc(OC)c1OC. The number of aromatic nitrogens is 2. The molecule has 1 fully saturated rings. The fourth-order valence-electron chi connectivity index (χ4n) is 3.85. The number of esters is 3. The Balaban J connectivity index is 1.36. The van der Waals surface area contributed by atoms with E-state index in [0.29, 0.717) is 24.4 Å². The molecule has 1 saturated heterocycles. The summed E-state index contributed by atoms with van der Waals surface area (Å²) in [5.74, 6) is -1.12. The molecule has 41 heavy (non-hydrogen) atoms. The molecule has 2 aromatic rings. The van der Waals surface area contributed by atoms with E-state index in [9.17, 15) is 24.0 Å². The van der Waals surface area contributed by atoms with Crippen molar-refractivity contribution in [2.24, 2.45) is 0 Å². The molecule has 3 rings (SSSR count). The number of rotatable bonds is 13. The molecule has 1 aliphatic rings. The highest BCUT2D eigenvalue weighted by Gasteiger charge is 2.26. The van der Waals surface area contributed by atoms with Crippen LogP contribution in [0.1, 0.15) is 35.0 Å². The van der Waals surface area contributed by atoms with Gasteiger partial charge in [0.1, 0.15) is 25.9 Å². The maximum Gasteiger partial charge on any atom is 0.338 e. The lowest BCUT2D eigenvalue weighted by atomic mass is 10.2. The van der Waals surface area contributed by atoms with E-state index in [1.165, 1.54) is 44.2 Å². The second kappa shape index (κ2) is 14.9. The van der Waals surface area contributed by atoms with Crippen molar-refractivity contribution in [2.45, 2.75) is 32.1 Å². The van der Waals surface area contributed by atoms with Crippen molar-refractivity contribution >= 4 is 17.9 Å². The van der Waals surface area contributed by atoms with Crippen molar-refractivity contribution in [3.8, 4) is 17.2 Å². The van der Waals surface area contributed by atoms with E-state index in [2.05, 4.69) is 10.3 Å². The molecule has 0 unspecified atom stereocenters. The fourth-order valence-corrected chi connectivity index (χ4v) is 3.85. The first-order valence-corrected chi connectivity index (χ1v) is 12.6. The predicted molar refractivity (Wildman–Crippen MR) is 140 cm³/mol. The number of nitrogens with zero attached hydrogens (tertiary/aromatic N) is 1. The van der Waals surface area contributed by atoms with Crippen molar-refractivity contribution in [2.75, 3.05) is 54.2 Å². The van der Waals surface area contributed by atoms with Crippen LogP contribution >= 0.6 is 0 Å². The third-order valence-electron chi connectivity index (χ3n) is 5.94. The van der Waals surface area contributed by atoms with E-state index in [4.69, 9.17) is 33.2 Å². The topological polar surface area (TPSA) is 183 Å². The largest absolute Gasteiger partial charge is 0.493 e. The second-order valence-electron chi connectivity index (χ2n) is 8.80. The van der Waals surface area contributed by atoms with Gasteiger partial charge in [0.15, 0.2) is 17.7 Å². The lowest BCUT2D eigenvalue weighted by molar-refractivity contribution is -0.157. The Morgan fingerprint density at radius 1 is 0.927 bits per heavy atom. The maximum absolute atomic E-state index is 12.4. The van der Waals surface area contributed by atoms with Crippen molar-refractivity contribution in [1.82, 2.24) is 14.9 Å². The van der Waals surface area contributed by atoms with Gasteiger partial charge in [-0.3, -0.25) is 23.9 Å². The number of hydrogen-bond donors (Lipinski definition) is 2. The molecule has 1 aromatic heterocycles. The van der Waals surface area contributed by atoms with Crippen LogP contribution in [0, 0.1) is 6.92 Å². The summed E-state index contributed by atoms with van der Waals surface area (Å²) in [5.41, 5.74) is -0.585. The van der Waals surface area contributed by atoms with Crippen LogP contribution in [-0.4, -0.2) is 87.8 Å². The molecular formula is C26H33N3O12. The highest BCUT2D eigenvalue weighted by Crippen LogP contribution is 2.38. The Bertz CT molecular complexity index is 1330. The van der Waals surface area contributed by atoms with E-state index >= 15 is 0 Å². The highest BCUT2D eigenvalue weighted by atomic mass is 16.6. The van der Waals surface area contributed by atoms with Gasteiger partial charge in [-0.05, 0) is 19.1 Å². The van der Waals surface area contributed by atoms with Crippen LogP contribution in [0.25, 0.3) is 0 Å². The summed E-state index contributed by atoms with van der Waals surface area (Å²) in [6, 6.07) is 2.86. The monoisotopic (exact) mass is 579 g/mol. The Hall–Kier alpha value is -4.37. The Labute approximate surface area is 234 Å². The van der Waals surface area contributed by atoms with Crippen molar-refractivity contribution in [3.05, 3.63) is 50.3 Å². The van der Waals surface area contributed by atoms with Crippen LogP contribution in [0.2, 0.25) is 0 Å². The summed E-state index contributed by atoms with van der Waals surface area (Å²) < 4.78 is 38.0. The molecule has 15 heteroatoms. The first kappa shape index (κ1) is 31.2. The Kier molecular flexibility index (Phi) is 11.3. The first-order valence-electron chi connectivity index (χ1n) is 12.6. The number of hydrogen-bond acceptors (Lipinski definition) is 13. The minimum atomic E-state index is -0.701. The third-order valence-corrected chi connectivity index (χ3v) is 5.94. The predicted octanol–water partition coefficient (Wildman–Crippen LogP) is 0.0814. The molecule has 2 atom stereocenters. The highest BCUT2D eigenvalue weighted by molar-refractivity contribution is 5.91. The summed E-state index contributed by atoms with van der Waals surface area (Å²) in [5, 5.41) is 3.09. The molecule has 0 aliphatic carbocycles. The first-order chi connectivity index (χ1) is 19.7. The zero-order valence-corrected chi connectivity index (χ0v) is 23.2. The quantitative estimate of drug-likeness (QED) is 0.185. The standard InChI is InChI=1S/C26H33N3O12/c1-15-13-29(26(34)28-24(15)32)20-12-27-11-17(41-20)14-40-22(31)6-5-21(30)38-7-8-39-25(33)16-9-18(35-2)23(37-4)19(10-16)36-3/h9-10,13,17,20,27H,5-8,11-12,14H2,1-4H3,(H,28,32,34)/t17-,20+/m0/s1. The molecule has 2 heterocycles. The molecule has 0 amide bonds. The Morgan fingerprint density at radius 3 is 2.20 bits per heavy atom. The molecule has 0 radical (unpaired) electrons. The van der Waals surface area contributed by atoms with Gasteiger partial charge in [-0.25, -0.2) is 9.59 Å². The Morgan fingerprint density at radius 2 is 1.56 bits per heavy atom. The number of H-pyrrole nitrogens is 1. The fraction of sp³-hybridized carbons (Fsp3) is 0.500. The van der Waals surface area contributed by atoms with Crippen LogP contribution in [-0.2, 0) is 28.5 Å². The number of aromatic amines is 1. The summed E-state index contributed by atoms with van der Waals surface area (Å²) in [6.45, 7) is 1.73. The van der Waals surface area contributed by atoms with Gasteiger partial charge >= 0.3 is 23.6 Å². The van der Waals surface area contributed by atoms with E-state index in [1.54, 1.807) is 6.92 Å². The normalized spacial score (nSPS) is 16.4. The zero-order chi connectivity index (χ0) is 29.9. The molecule has 2 N–H and O–H groups in total. The molecule has 1 aliphatic heterocycles. The number of benzene rings is 1. The number of ether oxygens (including phenoxy) is 7. The summed E-state index contributed by atoms with van der Waals surface area (Å²) in [7, 11) is 4.27. The molecule has 224 valence electrons. The van der Waals surface area contributed by atoms with E-state index in [1.807, 2.05) is 0 Å². The zero-order valence-electron chi connectivity index (χ0n) is 23.2. The number of morpholine rings is 1. The molecule has 15 nitrogen and oxygen atoms in total. The molecule has 1 aromatic carbocycles. The number of aryl methyl sites for hydroxylation is 1. The van der Waals surface area contributed by atoms with E-state index in [-0.39, 0.29) is 49.7 Å². The number of carbonyl (C=O) groups excluding carboxylic acids is 3. The molecule has 0 bridgehead atoms. The summed E-state index contributed by atoms with van der Waals surface area (Å²) in [4.78, 5) is 62.4. The van der Waals surface area contributed by atoms with Crippen LogP contribution in [0.5, 0.6) is 17.2 Å². The minimum absolute atomic E-state index is 0.106. The lowest BCUT2D eigenvalue weighted by Gasteiger charge is -2.31. The second-order valence-corrected chi connectivity index (χ2v) is 8.80. The number of carbonyl (C=O) groups is 3. The minimum Gasteiger partial charge on any atom is -0.493 e. The van der Waals surface area contributed by atoms with Crippen LogP contribution in [0.15, 0.2) is 27.9 Å². The van der Waals surface area contributed by atoms with Crippen molar-refractivity contribution in [1.29, 1.82) is 0 Å². The third kappa shape index (κ3) is 8.56. The van der Waals surface area contributed by atoms with Crippen LogP contribution in [0.3, 0.4) is 0 Å². The smallest absolute Gasteiger partial charge is 0.338 e. The van der Waals surface area contributed by atoms with Gasteiger partial charge < -0.3 is 38.5 Å². The average molecular weight is 580 g/mol. The van der Waals surface area contributed by atoms with Gasteiger partial charge in [0, 0.05) is 24.8 Å². The number of methoxy groups -OCH3 is 3. The maximum atomic E-state index is 12.4. The van der Waals surface area contributed by atoms with Gasteiger partial charge in [0.2, 0.25) is 5.75 Å². The van der Waals surface area contributed by atoms with Gasteiger partial charge in [0.05, 0.1) is 39.7 Å². The molecular weight excluding hydrogens is 546 g/mol. The lowest BCUT2D eigenvalue weighted by Crippen LogP contribution is -2.48. The van der Waals surface area contributed by atoms with Crippen LogP contribution < -0.4 is 30.8 Å². The van der Waals surface area contributed by atoms with Gasteiger partial charge in [0.25, 0.3) is 5.56 Å². The summed E-state index contributed by atoms with van der Waals surface area (Å²) in [6.07, 6.45) is -0.316. The summed E-state index contributed by atoms with van der Waals surface area (Å²) >= 11 is 0. The average Bonchev–Trinajstić information content (AvgIpc) is 2.98. The van der Waals surface area contributed by atoms with Gasteiger partial charge in [-0.15, -0.1) is 0 Å². The van der Waals surface area contributed by atoms with E-state index in [0.717, 1.165) is 0 Å². The van der Waals surface area contributed by atoms with Crippen molar-refractivity contribution in [3.63, 3.8) is 0 Å². The van der Waals surface area contributed by atoms with E-state index < -0.39 is 41.5 Å². The van der Waals surface area contributed by atoms with Gasteiger partial charge in [-0.1, -0.05) is 0 Å². The molecule has 0 saturated carbocycles. The number of nitrogens with one attached hydrogen (secondary N) is 2. The molecule has 0 spiro atoms.